The highest BCUT2D eigenvalue weighted by molar-refractivity contribution is 7.10. The van der Waals surface area contributed by atoms with Gasteiger partial charge in [-0.1, -0.05) is 69.9 Å². The molecule has 0 aliphatic heterocycles. The van der Waals surface area contributed by atoms with Crippen molar-refractivity contribution in [3.05, 3.63) is 20.8 Å². The van der Waals surface area contributed by atoms with Gasteiger partial charge in [0.05, 0.1) is 5.02 Å². The van der Waals surface area contributed by atoms with Gasteiger partial charge in [-0.3, -0.25) is 0 Å². The molecule has 1 aromatic rings. The van der Waals surface area contributed by atoms with Crippen molar-refractivity contribution in [2.24, 2.45) is 5.73 Å². The zero-order valence-electron chi connectivity index (χ0n) is 12.4. The van der Waals surface area contributed by atoms with E-state index in [9.17, 15) is 0 Å². The topological polar surface area (TPSA) is 26.0 Å². The van der Waals surface area contributed by atoms with E-state index in [1.165, 1.54) is 56.2 Å². The maximum Gasteiger partial charge on any atom is 0.0590 e. The third kappa shape index (κ3) is 6.29. The van der Waals surface area contributed by atoms with Crippen LogP contribution in [0.3, 0.4) is 0 Å². The molecule has 0 amide bonds. The van der Waals surface area contributed by atoms with E-state index >= 15 is 0 Å². The summed E-state index contributed by atoms with van der Waals surface area (Å²) in [6.07, 6.45) is 11.9. The second-order valence-corrected chi connectivity index (χ2v) is 6.76. The second kappa shape index (κ2) is 9.79. The van der Waals surface area contributed by atoms with Gasteiger partial charge in [-0.05, 0) is 24.3 Å². The maximum absolute atomic E-state index is 6.25. The van der Waals surface area contributed by atoms with Gasteiger partial charge in [-0.15, -0.1) is 11.3 Å². The van der Waals surface area contributed by atoms with Crippen LogP contribution < -0.4 is 5.73 Å². The Balaban J connectivity index is 2.08. The Kier molecular flexibility index (Phi) is 8.76. The van der Waals surface area contributed by atoms with Crippen LogP contribution in [0.15, 0.2) is 5.38 Å². The van der Waals surface area contributed by atoms with E-state index in [1.54, 1.807) is 11.3 Å². The maximum atomic E-state index is 6.25. The van der Waals surface area contributed by atoms with E-state index in [2.05, 4.69) is 12.3 Å². The molecule has 0 saturated carbocycles. The zero-order valence-corrected chi connectivity index (χ0v) is 14.0. The lowest BCUT2D eigenvalue weighted by molar-refractivity contribution is 0.539. The molecule has 2 N–H and O–H groups in total. The van der Waals surface area contributed by atoms with Crippen molar-refractivity contribution in [3.63, 3.8) is 0 Å². The Bertz CT molecular complexity index is 349. The summed E-state index contributed by atoms with van der Waals surface area (Å²) in [5.74, 6) is 0. The van der Waals surface area contributed by atoms with Crippen LogP contribution in [0.25, 0.3) is 0 Å². The van der Waals surface area contributed by atoms with Crippen LogP contribution in [0.1, 0.15) is 81.2 Å². The van der Waals surface area contributed by atoms with Gasteiger partial charge in [0.15, 0.2) is 0 Å². The summed E-state index contributed by atoms with van der Waals surface area (Å²) in [5.41, 5.74) is 7.38. The smallest absolute Gasteiger partial charge is 0.0590 e. The number of aryl methyl sites for hydroxylation is 1. The Labute approximate surface area is 127 Å². The molecule has 0 saturated heterocycles. The molecule has 0 aliphatic carbocycles. The average Bonchev–Trinajstić information content (AvgIpc) is 2.73. The quantitative estimate of drug-likeness (QED) is 0.508. The predicted octanol–water partition coefficient (Wildman–Crippen LogP) is 6.24. The summed E-state index contributed by atoms with van der Waals surface area (Å²) in [6.45, 7) is 4.31. The van der Waals surface area contributed by atoms with Crippen LogP contribution in [-0.4, -0.2) is 0 Å². The number of hydrogen-bond donors (Lipinski definition) is 1. The monoisotopic (exact) mass is 301 g/mol. The largest absolute Gasteiger partial charge is 0.323 e. The molecule has 1 heterocycles. The molecule has 1 aromatic heterocycles. The van der Waals surface area contributed by atoms with Gasteiger partial charge in [0.1, 0.15) is 0 Å². The minimum Gasteiger partial charge on any atom is -0.323 e. The van der Waals surface area contributed by atoms with E-state index in [0.29, 0.717) is 0 Å². The van der Waals surface area contributed by atoms with Crippen LogP contribution in [0.4, 0.5) is 0 Å². The molecule has 1 atom stereocenters. The Morgan fingerprint density at radius 2 is 1.68 bits per heavy atom. The predicted molar refractivity (Wildman–Crippen MR) is 88.2 cm³/mol. The molecule has 0 aromatic carbocycles. The minimum atomic E-state index is 0.131. The number of nitrogens with two attached hydrogens (primary N) is 1. The first-order valence-electron chi connectivity index (χ1n) is 7.65. The van der Waals surface area contributed by atoms with Gasteiger partial charge in [-0.2, -0.15) is 0 Å². The molecule has 0 spiro atoms. The first-order valence-corrected chi connectivity index (χ1v) is 8.91. The Hall–Kier alpha value is -0.0500. The Morgan fingerprint density at radius 3 is 2.21 bits per heavy atom. The zero-order chi connectivity index (χ0) is 14.1. The molecule has 0 aliphatic rings. The normalized spacial score (nSPS) is 12.8. The van der Waals surface area contributed by atoms with Gasteiger partial charge >= 0.3 is 0 Å². The second-order valence-electron chi connectivity index (χ2n) is 5.47. The molecule has 0 fully saturated rings. The third-order valence-corrected chi connectivity index (χ3v) is 5.48. The molecule has 0 bridgehead atoms. The number of thiophene rings is 1. The van der Waals surface area contributed by atoms with Crippen molar-refractivity contribution in [2.45, 2.75) is 77.7 Å². The molecule has 1 nitrogen and oxygen atoms in total. The summed E-state index contributed by atoms with van der Waals surface area (Å²) in [4.78, 5) is 1.17. The molecule has 110 valence electrons. The minimum absolute atomic E-state index is 0.131. The highest BCUT2D eigenvalue weighted by atomic mass is 35.5. The lowest BCUT2D eigenvalue weighted by Gasteiger charge is -2.10. The number of rotatable bonds is 10. The summed E-state index contributed by atoms with van der Waals surface area (Å²) in [5, 5.41) is 2.99. The van der Waals surface area contributed by atoms with Crippen molar-refractivity contribution < 1.29 is 0 Å². The molecule has 19 heavy (non-hydrogen) atoms. The highest BCUT2D eigenvalue weighted by Gasteiger charge is 2.13. The van der Waals surface area contributed by atoms with Crippen molar-refractivity contribution in [2.75, 3.05) is 0 Å². The van der Waals surface area contributed by atoms with Crippen LogP contribution in [0.2, 0.25) is 5.02 Å². The van der Waals surface area contributed by atoms with Crippen LogP contribution in [0.5, 0.6) is 0 Å². The SMILES string of the molecule is CCCCCCCCCCC(N)c1scc(C)c1Cl. The number of hydrogen-bond acceptors (Lipinski definition) is 2. The molecule has 3 heteroatoms. The van der Waals surface area contributed by atoms with Crippen molar-refractivity contribution in [1.82, 2.24) is 0 Å². The standard InChI is InChI=1S/C16H28ClNS/c1-3-4-5-6-7-8-9-10-11-14(18)16-15(17)13(2)12-19-16/h12,14H,3-11,18H2,1-2H3. The lowest BCUT2D eigenvalue weighted by Crippen LogP contribution is -2.08. The fraction of sp³-hybridized carbons (Fsp3) is 0.750. The van der Waals surface area contributed by atoms with Crippen molar-refractivity contribution in [3.8, 4) is 0 Å². The molecule has 0 radical (unpaired) electrons. The van der Waals surface area contributed by atoms with Crippen LogP contribution in [0, 0.1) is 6.92 Å². The first kappa shape index (κ1) is 17.0. The summed E-state index contributed by atoms with van der Waals surface area (Å²) < 4.78 is 0. The van der Waals surface area contributed by atoms with E-state index in [1.807, 2.05) is 6.92 Å². The van der Waals surface area contributed by atoms with Gasteiger partial charge in [0, 0.05) is 10.9 Å². The molecular formula is C16H28ClNS. The molecular weight excluding hydrogens is 274 g/mol. The number of halogens is 1. The Morgan fingerprint density at radius 1 is 1.11 bits per heavy atom. The van der Waals surface area contributed by atoms with Crippen LogP contribution in [-0.2, 0) is 0 Å². The van der Waals surface area contributed by atoms with Gasteiger partial charge < -0.3 is 5.73 Å². The number of unbranched alkanes of at least 4 members (excludes halogenated alkanes) is 7. The van der Waals surface area contributed by atoms with E-state index in [-0.39, 0.29) is 6.04 Å². The third-order valence-electron chi connectivity index (χ3n) is 3.63. The highest BCUT2D eigenvalue weighted by Crippen LogP contribution is 2.33. The molecule has 1 unspecified atom stereocenters. The summed E-state index contributed by atoms with van der Waals surface area (Å²) >= 11 is 7.95. The summed E-state index contributed by atoms with van der Waals surface area (Å²) in [6, 6.07) is 0.131. The first-order chi connectivity index (χ1) is 9.16. The van der Waals surface area contributed by atoms with E-state index in [0.717, 1.165) is 17.0 Å². The van der Waals surface area contributed by atoms with Gasteiger partial charge in [0.2, 0.25) is 0 Å². The fourth-order valence-electron chi connectivity index (χ4n) is 2.33. The lowest BCUT2D eigenvalue weighted by atomic mass is 10.0. The summed E-state index contributed by atoms with van der Waals surface area (Å²) in [7, 11) is 0. The van der Waals surface area contributed by atoms with Gasteiger partial charge in [-0.25, -0.2) is 0 Å². The van der Waals surface area contributed by atoms with Crippen molar-refractivity contribution in [1.29, 1.82) is 0 Å². The fourth-order valence-corrected chi connectivity index (χ4v) is 3.70. The molecule has 1 rings (SSSR count). The average molecular weight is 302 g/mol. The van der Waals surface area contributed by atoms with Crippen LogP contribution >= 0.6 is 22.9 Å². The van der Waals surface area contributed by atoms with E-state index in [4.69, 9.17) is 17.3 Å². The van der Waals surface area contributed by atoms with E-state index < -0.39 is 0 Å². The van der Waals surface area contributed by atoms with Crippen molar-refractivity contribution >= 4 is 22.9 Å². The van der Waals surface area contributed by atoms with Gasteiger partial charge in [0.25, 0.3) is 0 Å².